The second-order valence-electron chi connectivity index (χ2n) is 7.14. The van der Waals surface area contributed by atoms with E-state index >= 15 is 0 Å². The van der Waals surface area contributed by atoms with Gasteiger partial charge in [0.15, 0.2) is 0 Å². The first-order valence-corrected chi connectivity index (χ1v) is 9.60. The molecule has 0 saturated heterocycles. The van der Waals surface area contributed by atoms with Gasteiger partial charge in [0.05, 0.1) is 7.11 Å². The van der Waals surface area contributed by atoms with Gasteiger partial charge in [0.2, 0.25) is 0 Å². The Hall–Kier alpha value is -3.14. The number of aliphatic carboxylic acids is 1. The molecule has 1 N–H and O–H groups in total. The number of esters is 1. The van der Waals surface area contributed by atoms with Crippen LogP contribution in [0.4, 0.5) is 0 Å². The lowest BCUT2D eigenvalue weighted by Crippen LogP contribution is -1.97. The van der Waals surface area contributed by atoms with E-state index in [1.807, 2.05) is 36.4 Å². The molecule has 0 aliphatic heterocycles. The van der Waals surface area contributed by atoms with Gasteiger partial charge in [0.25, 0.3) is 0 Å². The number of benzene rings is 2. The van der Waals surface area contributed by atoms with Crippen molar-refractivity contribution in [1.82, 2.24) is 0 Å². The number of carboxylic acid groups (broad SMARTS) is 1. The van der Waals surface area contributed by atoms with Gasteiger partial charge in [-0.1, -0.05) is 76.2 Å². The zero-order chi connectivity index (χ0) is 21.8. The van der Waals surface area contributed by atoms with Crippen molar-refractivity contribution < 1.29 is 19.4 Å². The maximum atomic E-state index is 10.7. The van der Waals surface area contributed by atoms with Gasteiger partial charge in [0, 0.05) is 12.2 Å². The second kappa shape index (κ2) is 12.3. The van der Waals surface area contributed by atoms with E-state index in [1.165, 1.54) is 30.4 Å². The van der Waals surface area contributed by atoms with Crippen molar-refractivity contribution in [3.05, 3.63) is 82.9 Å². The smallest absolute Gasteiger partial charge is 0.330 e. The largest absolute Gasteiger partial charge is 0.478 e. The fourth-order valence-corrected chi connectivity index (χ4v) is 2.56. The van der Waals surface area contributed by atoms with E-state index in [-0.39, 0.29) is 5.97 Å². The fourth-order valence-electron chi connectivity index (χ4n) is 2.56. The van der Waals surface area contributed by atoms with Crippen LogP contribution in [0.15, 0.2) is 60.7 Å². The minimum atomic E-state index is -0.910. The summed E-state index contributed by atoms with van der Waals surface area (Å²) in [6, 6.07) is 15.8. The summed E-state index contributed by atoms with van der Waals surface area (Å²) in [7, 11) is 1.36. The third-order valence-electron chi connectivity index (χ3n) is 4.22. The van der Waals surface area contributed by atoms with Crippen molar-refractivity contribution in [2.75, 3.05) is 7.11 Å². The molecule has 2 aromatic rings. The molecule has 4 nitrogen and oxygen atoms in total. The van der Waals surface area contributed by atoms with Crippen LogP contribution in [0.3, 0.4) is 0 Å². The highest BCUT2D eigenvalue weighted by Gasteiger charge is 2.08. The minimum Gasteiger partial charge on any atom is -0.478 e. The summed E-state index contributed by atoms with van der Waals surface area (Å²) in [5, 5.41) is 8.66. The number of carbonyl (C=O) groups is 2. The van der Waals surface area contributed by atoms with Gasteiger partial charge in [0.1, 0.15) is 0 Å². The lowest BCUT2D eigenvalue weighted by Gasteiger charge is -2.14. The lowest BCUT2D eigenvalue weighted by atomic mass is 9.91. The first-order valence-electron chi connectivity index (χ1n) is 9.60. The quantitative estimate of drug-likeness (QED) is 0.489. The maximum Gasteiger partial charge on any atom is 0.330 e. The van der Waals surface area contributed by atoms with Crippen molar-refractivity contribution >= 4 is 24.1 Å². The predicted molar refractivity (Wildman–Crippen MR) is 119 cm³/mol. The number of carbonyl (C=O) groups excluding carboxylic acids is 1. The highest BCUT2D eigenvalue weighted by atomic mass is 16.5. The molecular formula is C25H30O4. The Morgan fingerprint density at radius 1 is 0.897 bits per heavy atom. The van der Waals surface area contributed by atoms with Crippen LogP contribution >= 0.6 is 0 Å². The Bertz CT molecular complexity index is 846. The molecule has 0 bridgehead atoms. The Labute approximate surface area is 173 Å². The van der Waals surface area contributed by atoms with Crippen molar-refractivity contribution in [2.24, 2.45) is 0 Å². The monoisotopic (exact) mass is 394 g/mol. The molecule has 4 heteroatoms. The maximum absolute atomic E-state index is 10.7. The van der Waals surface area contributed by atoms with Crippen molar-refractivity contribution in [3.8, 4) is 0 Å². The highest BCUT2D eigenvalue weighted by molar-refractivity contribution is 5.87. The summed E-state index contributed by atoms with van der Waals surface area (Å²) in [4.78, 5) is 21.2. The standard InChI is InChI=1S/C15H20O2.C10H10O2/c1-10(2)13-6-5-12(7-8-15(16)17)14(9-13)11(3)4;1-12-10(11)8-7-9-5-3-2-4-6-9/h5-11H,1-4H3,(H,16,17);2-8H,1H3/b2*8-7+. The molecule has 0 unspecified atom stereocenters. The molecular weight excluding hydrogens is 364 g/mol. The van der Waals surface area contributed by atoms with E-state index in [9.17, 15) is 9.59 Å². The van der Waals surface area contributed by atoms with Crippen molar-refractivity contribution in [2.45, 2.75) is 39.5 Å². The summed E-state index contributed by atoms with van der Waals surface area (Å²) in [5.41, 5.74) is 4.48. The van der Waals surface area contributed by atoms with E-state index in [4.69, 9.17) is 5.11 Å². The van der Waals surface area contributed by atoms with Crippen LogP contribution in [0.1, 0.15) is 61.8 Å². The summed E-state index contributed by atoms with van der Waals surface area (Å²) < 4.78 is 4.45. The average Bonchev–Trinajstić information content (AvgIpc) is 2.71. The molecule has 154 valence electrons. The van der Waals surface area contributed by atoms with Crippen LogP contribution in [0.2, 0.25) is 0 Å². The summed E-state index contributed by atoms with van der Waals surface area (Å²) >= 11 is 0. The Morgan fingerprint density at radius 3 is 2.07 bits per heavy atom. The summed E-state index contributed by atoms with van der Waals surface area (Å²) in [5.74, 6) is -0.362. The van der Waals surface area contributed by atoms with E-state index in [1.54, 1.807) is 12.2 Å². The number of carboxylic acids is 1. The van der Waals surface area contributed by atoms with Crippen molar-refractivity contribution in [3.63, 3.8) is 0 Å². The second-order valence-corrected chi connectivity index (χ2v) is 7.14. The number of methoxy groups -OCH3 is 1. The molecule has 0 fully saturated rings. The molecule has 0 amide bonds. The Balaban J connectivity index is 0.000000308. The molecule has 0 aliphatic carbocycles. The zero-order valence-corrected chi connectivity index (χ0v) is 17.8. The third kappa shape index (κ3) is 9.06. The first kappa shape index (κ1) is 23.9. The Kier molecular flexibility index (Phi) is 10.2. The van der Waals surface area contributed by atoms with Gasteiger partial charge in [-0.25, -0.2) is 9.59 Å². The van der Waals surface area contributed by atoms with Crippen LogP contribution in [0.5, 0.6) is 0 Å². The Morgan fingerprint density at radius 2 is 1.55 bits per heavy atom. The predicted octanol–water partition coefficient (Wildman–Crippen LogP) is 5.90. The van der Waals surface area contributed by atoms with Gasteiger partial charge in [-0.2, -0.15) is 0 Å². The van der Waals surface area contributed by atoms with Crippen LogP contribution in [0.25, 0.3) is 12.2 Å². The number of hydrogen-bond donors (Lipinski definition) is 1. The fraction of sp³-hybridized carbons (Fsp3) is 0.280. The van der Waals surface area contributed by atoms with E-state index in [0.717, 1.165) is 11.1 Å². The van der Waals surface area contributed by atoms with Crippen LogP contribution in [-0.2, 0) is 14.3 Å². The molecule has 0 aromatic heterocycles. The normalized spacial score (nSPS) is 11.0. The molecule has 0 heterocycles. The molecule has 0 saturated carbocycles. The van der Waals surface area contributed by atoms with E-state index < -0.39 is 5.97 Å². The molecule has 0 aliphatic rings. The molecule has 2 aromatic carbocycles. The van der Waals surface area contributed by atoms with Crippen LogP contribution < -0.4 is 0 Å². The number of ether oxygens (including phenoxy) is 1. The topological polar surface area (TPSA) is 63.6 Å². The van der Waals surface area contributed by atoms with Crippen LogP contribution in [-0.4, -0.2) is 24.2 Å². The molecule has 0 radical (unpaired) electrons. The number of rotatable bonds is 6. The van der Waals surface area contributed by atoms with Gasteiger partial charge >= 0.3 is 11.9 Å². The highest BCUT2D eigenvalue weighted by Crippen LogP contribution is 2.25. The van der Waals surface area contributed by atoms with E-state index in [0.29, 0.717) is 11.8 Å². The van der Waals surface area contributed by atoms with Gasteiger partial charge < -0.3 is 9.84 Å². The zero-order valence-electron chi connectivity index (χ0n) is 17.8. The van der Waals surface area contributed by atoms with Crippen LogP contribution in [0, 0.1) is 0 Å². The minimum absolute atomic E-state index is 0.334. The molecule has 0 spiro atoms. The molecule has 0 atom stereocenters. The van der Waals surface area contributed by atoms with E-state index in [2.05, 4.69) is 44.6 Å². The SMILES string of the molecule is CC(C)c1ccc(/C=C/C(=O)O)c(C(C)C)c1.COC(=O)/C=C/c1ccccc1. The van der Waals surface area contributed by atoms with Gasteiger partial charge in [-0.3, -0.25) is 0 Å². The first-order chi connectivity index (χ1) is 13.7. The molecule has 29 heavy (non-hydrogen) atoms. The molecule has 2 rings (SSSR count). The third-order valence-corrected chi connectivity index (χ3v) is 4.22. The van der Waals surface area contributed by atoms with Crippen molar-refractivity contribution in [1.29, 1.82) is 0 Å². The van der Waals surface area contributed by atoms with Gasteiger partial charge in [-0.05, 0) is 46.2 Å². The lowest BCUT2D eigenvalue weighted by molar-refractivity contribution is -0.135. The average molecular weight is 395 g/mol. The summed E-state index contributed by atoms with van der Waals surface area (Å²) in [6.45, 7) is 8.56. The van der Waals surface area contributed by atoms with Gasteiger partial charge in [-0.15, -0.1) is 0 Å². The summed E-state index contributed by atoms with van der Waals surface area (Å²) in [6.07, 6.45) is 5.97. The number of hydrogen-bond acceptors (Lipinski definition) is 3.